The van der Waals surface area contributed by atoms with Crippen molar-refractivity contribution < 1.29 is 28.2 Å². The first kappa shape index (κ1) is 24.6. The maximum Gasteiger partial charge on any atom is 0.350 e. The minimum absolute atomic E-state index is 0.0759. The molecular weight excluding hydrogens is 425 g/mol. The molecule has 0 aromatic heterocycles. The molecule has 7 heteroatoms. The van der Waals surface area contributed by atoms with E-state index in [4.69, 9.17) is 9.47 Å². The standard InChI is InChI=1S/C26H30FNO5/c1-25(2,28-14-20(16-29)22(15-28)19-11-8-12-21(27)13-19)23(30)33-26(3,4)24(31)32-17-18-9-6-5-7-10-18/h5-13,16,20,22H,14-15,17H2,1-4H3/t20-,22-/m1/s1. The summed E-state index contributed by atoms with van der Waals surface area (Å²) in [5.74, 6) is -2.25. The van der Waals surface area contributed by atoms with E-state index < -0.39 is 23.1 Å². The summed E-state index contributed by atoms with van der Waals surface area (Å²) in [5, 5.41) is 0. The van der Waals surface area contributed by atoms with E-state index in [-0.39, 0.29) is 24.3 Å². The van der Waals surface area contributed by atoms with E-state index in [1.54, 1.807) is 26.0 Å². The van der Waals surface area contributed by atoms with Crippen LogP contribution in [0.2, 0.25) is 0 Å². The zero-order valence-electron chi connectivity index (χ0n) is 19.4. The number of esters is 2. The molecule has 1 aliphatic heterocycles. The number of nitrogens with zero attached hydrogens (tertiary/aromatic N) is 1. The van der Waals surface area contributed by atoms with Crippen LogP contribution in [-0.2, 0) is 30.5 Å². The van der Waals surface area contributed by atoms with Gasteiger partial charge in [0.15, 0.2) is 0 Å². The van der Waals surface area contributed by atoms with Crippen molar-refractivity contribution >= 4 is 18.2 Å². The Morgan fingerprint density at radius 2 is 1.73 bits per heavy atom. The van der Waals surface area contributed by atoms with Crippen LogP contribution in [0, 0.1) is 11.7 Å². The lowest BCUT2D eigenvalue weighted by atomic mass is 9.90. The van der Waals surface area contributed by atoms with Crippen molar-refractivity contribution in [1.82, 2.24) is 4.90 Å². The third-order valence-corrected chi connectivity index (χ3v) is 6.16. The Labute approximate surface area is 193 Å². The second-order valence-corrected chi connectivity index (χ2v) is 9.39. The fraction of sp³-hybridized carbons (Fsp3) is 0.423. The number of carbonyl (C=O) groups is 3. The minimum atomic E-state index is -1.49. The lowest BCUT2D eigenvalue weighted by Crippen LogP contribution is -2.53. The van der Waals surface area contributed by atoms with Gasteiger partial charge in [0.05, 0.1) is 0 Å². The molecule has 0 amide bonds. The zero-order valence-corrected chi connectivity index (χ0v) is 19.4. The number of likely N-dealkylation sites (tertiary alicyclic amines) is 1. The van der Waals surface area contributed by atoms with E-state index in [1.165, 1.54) is 26.0 Å². The predicted molar refractivity (Wildman–Crippen MR) is 121 cm³/mol. The van der Waals surface area contributed by atoms with Crippen molar-refractivity contribution in [2.45, 2.75) is 51.4 Å². The van der Waals surface area contributed by atoms with Crippen LogP contribution in [0.15, 0.2) is 54.6 Å². The molecule has 0 radical (unpaired) electrons. The third-order valence-electron chi connectivity index (χ3n) is 6.16. The van der Waals surface area contributed by atoms with Crippen molar-refractivity contribution in [3.63, 3.8) is 0 Å². The van der Waals surface area contributed by atoms with Gasteiger partial charge in [-0.15, -0.1) is 0 Å². The van der Waals surface area contributed by atoms with E-state index in [0.29, 0.717) is 18.7 Å². The van der Waals surface area contributed by atoms with Crippen LogP contribution < -0.4 is 0 Å². The highest BCUT2D eigenvalue weighted by Crippen LogP contribution is 2.36. The molecule has 0 unspecified atom stereocenters. The molecule has 176 valence electrons. The molecular formula is C26H30FNO5. The molecule has 1 fully saturated rings. The van der Waals surface area contributed by atoms with Gasteiger partial charge in [-0.2, -0.15) is 0 Å². The lowest BCUT2D eigenvalue weighted by Gasteiger charge is -2.36. The van der Waals surface area contributed by atoms with Gasteiger partial charge in [0, 0.05) is 24.9 Å². The summed E-state index contributed by atoms with van der Waals surface area (Å²) in [5.41, 5.74) is -1.06. The summed E-state index contributed by atoms with van der Waals surface area (Å²) in [6.45, 7) is 7.14. The Morgan fingerprint density at radius 1 is 1.03 bits per heavy atom. The van der Waals surface area contributed by atoms with Crippen molar-refractivity contribution in [2.75, 3.05) is 13.1 Å². The summed E-state index contributed by atoms with van der Waals surface area (Å²) < 4.78 is 24.7. The number of ether oxygens (including phenoxy) is 2. The van der Waals surface area contributed by atoms with Crippen LogP contribution in [0.1, 0.15) is 44.7 Å². The van der Waals surface area contributed by atoms with Crippen LogP contribution in [0.25, 0.3) is 0 Å². The highest BCUT2D eigenvalue weighted by Gasteiger charge is 2.47. The quantitative estimate of drug-likeness (QED) is 0.444. The van der Waals surface area contributed by atoms with E-state index in [2.05, 4.69) is 0 Å². The molecule has 2 atom stereocenters. The number of benzene rings is 2. The zero-order chi connectivity index (χ0) is 24.2. The molecule has 1 aliphatic rings. The Balaban J connectivity index is 1.66. The van der Waals surface area contributed by atoms with E-state index in [0.717, 1.165) is 11.8 Å². The van der Waals surface area contributed by atoms with Crippen molar-refractivity contribution in [2.24, 2.45) is 5.92 Å². The van der Waals surface area contributed by atoms with Gasteiger partial charge in [-0.25, -0.2) is 9.18 Å². The second kappa shape index (κ2) is 9.83. The summed E-state index contributed by atoms with van der Waals surface area (Å²) in [6, 6.07) is 15.4. The highest BCUT2D eigenvalue weighted by atomic mass is 19.1. The maximum absolute atomic E-state index is 13.7. The van der Waals surface area contributed by atoms with Crippen molar-refractivity contribution in [3.05, 3.63) is 71.5 Å². The average Bonchev–Trinajstić information content (AvgIpc) is 3.23. The molecule has 2 aromatic rings. The van der Waals surface area contributed by atoms with E-state index in [1.807, 2.05) is 35.2 Å². The van der Waals surface area contributed by atoms with Gasteiger partial charge in [-0.3, -0.25) is 9.69 Å². The summed E-state index contributed by atoms with van der Waals surface area (Å²) >= 11 is 0. The number of rotatable bonds is 8. The average molecular weight is 456 g/mol. The lowest BCUT2D eigenvalue weighted by molar-refractivity contribution is -0.186. The van der Waals surface area contributed by atoms with Gasteiger partial charge >= 0.3 is 11.9 Å². The molecule has 1 heterocycles. The van der Waals surface area contributed by atoms with Gasteiger partial charge in [0.1, 0.15) is 24.2 Å². The first-order chi connectivity index (χ1) is 15.5. The van der Waals surface area contributed by atoms with Gasteiger partial charge in [0.2, 0.25) is 5.60 Å². The normalized spacial score (nSPS) is 19.2. The second-order valence-electron chi connectivity index (χ2n) is 9.39. The summed E-state index contributed by atoms with van der Waals surface area (Å²) in [4.78, 5) is 39.3. The first-order valence-corrected chi connectivity index (χ1v) is 10.9. The monoisotopic (exact) mass is 455 g/mol. The molecule has 0 bridgehead atoms. The summed E-state index contributed by atoms with van der Waals surface area (Å²) in [7, 11) is 0. The summed E-state index contributed by atoms with van der Waals surface area (Å²) in [6.07, 6.45) is 0.849. The van der Waals surface area contributed by atoms with Crippen LogP contribution >= 0.6 is 0 Å². The first-order valence-electron chi connectivity index (χ1n) is 10.9. The highest BCUT2D eigenvalue weighted by molar-refractivity contribution is 5.86. The smallest absolute Gasteiger partial charge is 0.350 e. The van der Waals surface area contributed by atoms with Crippen molar-refractivity contribution in [3.8, 4) is 0 Å². The van der Waals surface area contributed by atoms with Crippen LogP contribution in [0.4, 0.5) is 4.39 Å². The number of carbonyl (C=O) groups excluding carboxylic acids is 3. The molecule has 6 nitrogen and oxygen atoms in total. The van der Waals surface area contributed by atoms with Gasteiger partial charge < -0.3 is 14.3 Å². The van der Waals surface area contributed by atoms with Gasteiger partial charge in [-0.1, -0.05) is 42.5 Å². The SMILES string of the molecule is CC(C)(OC(=O)C(C)(C)N1C[C@H](c2cccc(F)c2)[C@@H](C=O)C1)C(=O)OCc1ccccc1. The van der Waals surface area contributed by atoms with Crippen molar-refractivity contribution in [1.29, 1.82) is 0 Å². The molecule has 1 saturated heterocycles. The largest absolute Gasteiger partial charge is 0.458 e. The third kappa shape index (κ3) is 5.66. The fourth-order valence-electron chi connectivity index (χ4n) is 3.94. The number of halogens is 1. The molecule has 33 heavy (non-hydrogen) atoms. The Kier molecular flexibility index (Phi) is 7.32. The number of hydrogen-bond acceptors (Lipinski definition) is 6. The van der Waals surface area contributed by atoms with E-state index in [9.17, 15) is 18.8 Å². The Morgan fingerprint density at radius 3 is 2.36 bits per heavy atom. The molecule has 2 aromatic carbocycles. The molecule has 0 spiro atoms. The Hall–Kier alpha value is -3.06. The molecule has 0 aliphatic carbocycles. The predicted octanol–water partition coefficient (Wildman–Crippen LogP) is 3.88. The topological polar surface area (TPSA) is 72.9 Å². The number of hydrogen-bond donors (Lipinski definition) is 0. The maximum atomic E-state index is 13.7. The van der Waals surface area contributed by atoms with Crippen LogP contribution in [0.3, 0.4) is 0 Å². The van der Waals surface area contributed by atoms with Crippen LogP contribution in [-0.4, -0.2) is 47.4 Å². The number of aldehydes is 1. The molecule has 0 N–H and O–H groups in total. The Bertz CT molecular complexity index is 1000. The van der Waals surface area contributed by atoms with Gasteiger partial charge in [-0.05, 0) is 51.0 Å². The minimum Gasteiger partial charge on any atom is -0.458 e. The molecule has 3 rings (SSSR count). The molecule has 0 saturated carbocycles. The van der Waals surface area contributed by atoms with E-state index >= 15 is 0 Å². The van der Waals surface area contributed by atoms with Gasteiger partial charge in [0.25, 0.3) is 0 Å². The fourth-order valence-corrected chi connectivity index (χ4v) is 3.94. The van der Waals surface area contributed by atoms with Crippen LogP contribution in [0.5, 0.6) is 0 Å².